The topological polar surface area (TPSA) is 290 Å². The SMILES string of the molecule is COc1cc2ncnc(Nc3cccc(-c4cn(CCCCCCNC(=O)CN5CCN(CC(=O)O)CCN(CC(=O)O)CCN(CC(=O)O)CC5)nn4)c3)c2cc1OCCCCCCC(=O)NO. The lowest BCUT2D eigenvalue weighted by atomic mass is 10.1. The highest BCUT2D eigenvalue weighted by molar-refractivity contribution is 5.93. The lowest BCUT2D eigenvalue weighted by Crippen LogP contribution is -2.49. The maximum Gasteiger partial charge on any atom is 0.317 e. The number of amides is 2. The first-order chi connectivity index (χ1) is 33.4. The number of carboxylic acid groups (broad SMARTS) is 3. The van der Waals surface area contributed by atoms with Crippen molar-refractivity contribution in [2.24, 2.45) is 0 Å². The Labute approximate surface area is 400 Å². The summed E-state index contributed by atoms with van der Waals surface area (Å²) in [7, 11) is 1.58. The molecule has 0 spiro atoms. The smallest absolute Gasteiger partial charge is 0.317 e. The van der Waals surface area contributed by atoms with Gasteiger partial charge in [-0.1, -0.05) is 43.0 Å². The van der Waals surface area contributed by atoms with Crippen LogP contribution in [0.25, 0.3) is 22.2 Å². The minimum atomic E-state index is -1.02. The summed E-state index contributed by atoms with van der Waals surface area (Å²) in [6, 6.07) is 11.5. The number of benzene rings is 2. The van der Waals surface area contributed by atoms with Gasteiger partial charge in [-0.25, -0.2) is 15.4 Å². The van der Waals surface area contributed by atoms with Crippen molar-refractivity contribution >= 4 is 52.1 Å². The van der Waals surface area contributed by atoms with Crippen LogP contribution in [0.4, 0.5) is 11.5 Å². The molecule has 2 amide bonds. The molecule has 1 fully saturated rings. The Morgan fingerprint density at radius 3 is 1.91 bits per heavy atom. The van der Waals surface area contributed by atoms with Crippen LogP contribution in [-0.2, 0) is 30.5 Å². The van der Waals surface area contributed by atoms with Gasteiger partial charge in [0.05, 0.1) is 51.6 Å². The quantitative estimate of drug-likeness (QED) is 0.0257. The second-order valence-electron chi connectivity index (χ2n) is 16.9. The maximum absolute atomic E-state index is 13.0. The van der Waals surface area contributed by atoms with E-state index >= 15 is 0 Å². The molecule has 1 saturated heterocycles. The van der Waals surface area contributed by atoms with Crippen molar-refractivity contribution in [3.63, 3.8) is 0 Å². The minimum absolute atomic E-state index is 0.0744. The molecule has 1 aliphatic heterocycles. The van der Waals surface area contributed by atoms with E-state index in [0.29, 0.717) is 101 Å². The average Bonchev–Trinajstić information content (AvgIpc) is 3.80. The largest absolute Gasteiger partial charge is 0.493 e. The lowest BCUT2D eigenvalue weighted by molar-refractivity contribution is -0.140. The monoisotopic (exact) mass is 962 g/mol. The van der Waals surface area contributed by atoms with E-state index in [-0.39, 0.29) is 44.4 Å². The second-order valence-corrected chi connectivity index (χ2v) is 16.9. The number of hydroxylamine groups is 1. The van der Waals surface area contributed by atoms with Crippen LogP contribution in [0.5, 0.6) is 11.5 Å². The van der Waals surface area contributed by atoms with E-state index in [0.717, 1.165) is 67.3 Å². The molecule has 0 aliphatic carbocycles. The predicted molar refractivity (Wildman–Crippen MR) is 253 cm³/mol. The number of nitrogens with one attached hydrogen (secondary N) is 3. The fourth-order valence-corrected chi connectivity index (χ4v) is 7.87. The lowest BCUT2D eigenvalue weighted by Gasteiger charge is -2.32. The number of aryl methyl sites for hydroxylation is 1. The van der Waals surface area contributed by atoms with E-state index in [4.69, 9.17) is 14.7 Å². The van der Waals surface area contributed by atoms with Crippen molar-refractivity contribution in [1.29, 1.82) is 0 Å². The number of anilines is 2. The Morgan fingerprint density at radius 2 is 1.29 bits per heavy atom. The van der Waals surface area contributed by atoms with Crippen molar-refractivity contribution in [2.75, 3.05) is 104 Å². The van der Waals surface area contributed by atoms with Crippen LogP contribution < -0.4 is 25.6 Å². The van der Waals surface area contributed by atoms with Gasteiger partial charge < -0.3 is 35.4 Å². The van der Waals surface area contributed by atoms with Crippen LogP contribution in [0, 0.1) is 0 Å². The van der Waals surface area contributed by atoms with Gasteiger partial charge in [0.15, 0.2) is 11.5 Å². The molecule has 69 heavy (non-hydrogen) atoms. The van der Waals surface area contributed by atoms with Crippen LogP contribution >= 0.6 is 0 Å². The third-order valence-corrected chi connectivity index (χ3v) is 11.6. The molecule has 0 saturated carbocycles. The number of nitrogens with zero attached hydrogens (tertiary/aromatic N) is 9. The van der Waals surface area contributed by atoms with Crippen molar-refractivity contribution in [3.8, 4) is 22.8 Å². The molecule has 0 bridgehead atoms. The first kappa shape index (κ1) is 53.4. The molecule has 1 aliphatic rings. The van der Waals surface area contributed by atoms with Gasteiger partial charge in [-0.2, -0.15) is 0 Å². The zero-order chi connectivity index (χ0) is 49.4. The van der Waals surface area contributed by atoms with Crippen molar-refractivity contribution in [3.05, 3.63) is 48.9 Å². The Morgan fingerprint density at radius 1 is 0.681 bits per heavy atom. The third-order valence-electron chi connectivity index (χ3n) is 11.6. The molecule has 3 heterocycles. The zero-order valence-electron chi connectivity index (χ0n) is 39.3. The predicted octanol–water partition coefficient (Wildman–Crippen LogP) is 2.63. The third kappa shape index (κ3) is 19.2. The summed E-state index contributed by atoms with van der Waals surface area (Å²) >= 11 is 0. The van der Waals surface area contributed by atoms with Crippen LogP contribution in [0.1, 0.15) is 57.8 Å². The van der Waals surface area contributed by atoms with E-state index in [1.165, 1.54) is 6.33 Å². The van der Waals surface area contributed by atoms with Crippen LogP contribution in [0.3, 0.4) is 0 Å². The van der Waals surface area contributed by atoms with Gasteiger partial charge in [-0.3, -0.25) is 53.5 Å². The Bertz CT molecular complexity index is 2250. The Hall–Kier alpha value is -6.53. The number of fused-ring (bicyclic) bond motifs is 1. The highest BCUT2D eigenvalue weighted by atomic mass is 16.5. The number of carbonyl (C=O) groups excluding carboxylic acids is 2. The summed E-state index contributed by atoms with van der Waals surface area (Å²) < 4.78 is 13.5. The number of aliphatic carboxylic acids is 3. The van der Waals surface area contributed by atoms with Crippen LogP contribution in [0.15, 0.2) is 48.9 Å². The van der Waals surface area contributed by atoms with E-state index in [1.54, 1.807) is 27.3 Å². The fourth-order valence-electron chi connectivity index (χ4n) is 7.87. The number of unbranched alkanes of at least 4 members (excludes halogenated alkanes) is 6. The number of methoxy groups -OCH3 is 1. The fraction of sp³-hybridized carbons (Fsp3) is 0.543. The van der Waals surface area contributed by atoms with Crippen LogP contribution in [0.2, 0.25) is 0 Å². The van der Waals surface area contributed by atoms with Gasteiger partial charge in [0.1, 0.15) is 17.8 Å². The highest BCUT2D eigenvalue weighted by Crippen LogP contribution is 2.35. The highest BCUT2D eigenvalue weighted by Gasteiger charge is 2.21. The summed E-state index contributed by atoms with van der Waals surface area (Å²) in [6.45, 7) is 3.68. The van der Waals surface area contributed by atoms with Gasteiger partial charge >= 0.3 is 17.9 Å². The van der Waals surface area contributed by atoms with E-state index in [9.17, 15) is 39.3 Å². The number of hydrogen-bond donors (Lipinski definition) is 7. The summed E-state index contributed by atoms with van der Waals surface area (Å²) in [5.74, 6) is -1.88. The number of aromatic nitrogens is 5. The molecule has 5 rings (SSSR count). The zero-order valence-corrected chi connectivity index (χ0v) is 39.3. The summed E-state index contributed by atoms with van der Waals surface area (Å²) in [4.78, 5) is 74.9. The molecule has 376 valence electrons. The van der Waals surface area contributed by atoms with Gasteiger partial charge in [0, 0.05) is 94.6 Å². The molecule has 7 N–H and O–H groups in total. The molecule has 23 nitrogen and oxygen atoms in total. The minimum Gasteiger partial charge on any atom is -0.493 e. The first-order valence-electron chi connectivity index (χ1n) is 23.4. The van der Waals surface area contributed by atoms with Crippen LogP contribution in [-0.4, -0.2) is 194 Å². The molecule has 0 radical (unpaired) electrons. The van der Waals surface area contributed by atoms with Crippen molar-refractivity contribution in [2.45, 2.75) is 64.3 Å². The molecule has 2 aromatic carbocycles. The molecular formula is C46H66N12O11. The maximum atomic E-state index is 13.0. The average molecular weight is 963 g/mol. The van der Waals surface area contributed by atoms with Gasteiger partial charge in [0.2, 0.25) is 11.8 Å². The van der Waals surface area contributed by atoms with Gasteiger partial charge in [-0.05, 0) is 43.9 Å². The molecule has 23 heteroatoms. The molecule has 2 aromatic heterocycles. The van der Waals surface area contributed by atoms with Gasteiger partial charge in [0.25, 0.3) is 0 Å². The standard InChI is InChI=1S/C46H66N12O11/c1-68-39-27-37-36(26-40(39)69-24-9-5-2-6-13-41(59)52-67)46(49-33-48-37)50-35-12-10-11-34(25-35)38-28-58(53-51-38)15-8-4-3-7-14-47-42(60)29-54-16-18-55(30-43(61)62)20-22-57(32-45(65)66)23-21-56(19-17-54)31-44(63)64/h10-12,25-28,33,67H,2-9,13-24,29-32H2,1H3,(H,47,60)(H,52,59)(H,61,62)(H,63,64)(H,65,66)(H,48,49,50). The normalized spacial score (nSPS) is 14.6. The number of hydrogen-bond acceptors (Lipinski definition) is 17. The Kier molecular flexibility index (Phi) is 22.2. The summed E-state index contributed by atoms with van der Waals surface area (Å²) in [5, 5.41) is 52.9. The molecule has 0 unspecified atom stereocenters. The van der Waals surface area contributed by atoms with Crippen molar-refractivity contribution < 1.29 is 54.0 Å². The second kappa shape index (κ2) is 28.7. The first-order valence-corrected chi connectivity index (χ1v) is 23.4. The molecule has 4 aromatic rings. The number of rotatable bonds is 27. The van der Waals surface area contributed by atoms with Crippen molar-refractivity contribution in [1.82, 2.24) is 55.4 Å². The number of carbonyl (C=O) groups is 5. The molecular weight excluding hydrogens is 897 g/mol. The summed E-state index contributed by atoms with van der Waals surface area (Å²) in [6.07, 6.45) is 10.3. The van der Waals surface area contributed by atoms with E-state index in [1.807, 2.05) is 52.2 Å². The molecule has 0 atom stereocenters. The summed E-state index contributed by atoms with van der Waals surface area (Å²) in [5.41, 5.74) is 4.71. The van der Waals surface area contributed by atoms with Gasteiger partial charge in [-0.15, -0.1) is 5.10 Å². The number of ether oxygens (including phenoxy) is 2. The Balaban J connectivity index is 1.05. The van der Waals surface area contributed by atoms with E-state index < -0.39 is 17.9 Å². The number of carboxylic acids is 3. The van der Waals surface area contributed by atoms with E-state index in [2.05, 4.69) is 30.9 Å².